The summed E-state index contributed by atoms with van der Waals surface area (Å²) in [5, 5.41) is 3.23. The number of ether oxygens (including phenoxy) is 2. The number of nitrogens with one attached hydrogen (secondary N) is 1. The van der Waals surface area contributed by atoms with Gasteiger partial charge in [0.15, 0.2) is 0 Å². The molecule has 1 N–H and O–H groups in total. The van der Waals surface area contributed by atoms with Gasteiger partial charge >= 0.3 is 0 Å². The summed E-state index contributed by atoms with van der Waals surface area (Å²) in [5.41, 5.74) is 1.01. The maximum absolute atomic E-state index is 5.57. The van der Waals surface area contributed by atoms with Crippen molar-refractivity contribution < 1.29 is 9.47 Å². The van der Waals surface area contributed by atoms with E-state index in [9.17, 15) is 0 Å². The number of pyridine rings is 1. The molecular weight excluding hydrogens is 272 g/mol. The van der Waals surface area contributed by atoms with Gasteiger partial charge in [-0.1, -0.05) is 0 Å². The molecule has 1 aromatic rings. The van der Waals surface area contributed by atoms with Gasteiger partial charge in [0, 0.05) is 42.9 Å². The molecule has 1 aromatic heterocycles. The Bertz CT molecular complexity index is 375. The van der Waals surface area contributed by atoms with E-state index in [4.69, 9.17) is 9.47 Å². The highest BCUT2D eigenvalue weighted by Crippen LogP contribution is 2.31. The fourth-order valence-corrected chi connectivity index (χ4v) is 2.31. The van der Waals surface area contributed by atoms with E-state index in [1.165, 1.54) is 0 Å². The topological polar surface area (TPSA) is 43.4 Å². The Morgan fingerprint density at radius 1 is 1.44 bits per heavy atom. The van der Waals surface area contributed by atoms with Crippen LogP contribution < -0.4 is 10.1 Å². The molecule has 1 saturated heterocycles. The zero-order valence-electron chi connectivity index (χ0n) is 9.42. The van der Waals surface area contributed by atoms with E-state index in [0.717, 1.165) is 35.3 Å². The standard InChI is InChI=1S/C11H15BrN2O2/c1-15-10-5-13-4-9(12)8(10)3-11(16-2)6-14-7-11/h4-5,14H,3,6-7H2,1-2H3. The first-order valence-corrected chi connectivity index (χ1v) is 5.92. The molecule has 0 amide bonds. The van der Waals surface area contributed by atoms with E-state index in [1.54, 1.807) is 26.6 Å². The monoisotopic (exact) mass is 286 g/mol. The van der Waals surface area contributed by atoms with Crippen molar-refractivity contribution >= 4 is 15.9 Å². The summed E-state index contributed by atoms with van der Waals surface area (Å²) in [4.78, 5) is 4.09. The lowest BCUT2D eigenvalue weighted by Crippen LogP contribution is -2.61. The Morgan fingerprint density at radius 2 is 2.19 bits per heavy atom. The van der Waals surface area contributed by atoms with Crippen molar-refractivity contribution in [3.63, 3.8) is 0 Å². The quantitative estimate of drug-likeness (QED) is 0.908. The number of aromatic nitrogens is 1. The van der Waals surface area contributed by atoms with Crippen LogP contribution in [0.25, 0.3) is 0 Å². The summed E-state index contributed by atoms with van der Waals surface area (Å²) in [7, 11) is 3.41. The van der Waals surface area contributed by atoms with Gasteiger partial charge in [0.1, 0.15) is 5.75 Å². The van der Waals surface area contributed by atoms with Crippen LogP contribution in [0, 0.1) is 0 Å². The molecule has 1 fully saturated rings. The van der Waals surface area contributed by atoms with Crippen molar-refractivity contribution in [2.45, 2.75) is 12.0 Å². The third kappa shape index (κ3) is 2.07. The molecule has 0 spiro atoms. The van der Waals surface area contributed by atoms with Crippen LogP contribution >= 0.6 is 15.9 Å². The summed E-state index contributed by atoms with van der Waals surface area (Å²) in [5.74, 6) is 0.803. The Balaban J connectivity index is 2.26. The average Bonchev–Trinajstić information content (AvgIpc) is 2.25. The van der Waals surface area contributed by atoms with Crippen molar-refractivity contribution in [2.24, 2.45) is 0 Å². The van der Waals surface area contributed by atoms with Crippen LogP contribution in [-0.4, -0.2) is 37.9 Å². The molecule has 88 valence electrons. The Morgan fingerprint density at radius 3 is 2.69 bits per heavy atom. The molecule has 0 saturated carbocycles. The number of rotatable bonds is 4. The number of hydrogen-bond acceptors (Lipinski definition) is 4. The third-order valence-corrected chi connectivity index (χ3v) is 3.69. The summed E-state index contributed by atoms with van der Waals surface area (Å²) in [6.45, 7) is 1.75. The van der Waals surface area contributed by atoms with Gasteiger partial charge in [0.25, 0.3) is 0 Å². The maximum Gasteiger partial charge on any atom is 0.141 e. The van der Waals surface area contributed by atoms with Crippen molar-refractivity contribution in [2.75, 3.05) is 27.3 Å². The molecule has 1 aliphatic rings. The van der Waals surface area contributed by atoms with Crippen LogP contribution in [0.2, 0.25) is 0 Å². The highest BCUT2D eigenvalue weighted by atomic mass is 79.9. The predicted octanol–water partition coefficient (Wildman–Crippen LogP) is 1.38. The molecule has 5 heteroatoms. The van der Waals surface area contributed by atoms with Crippen molar-refractivity contribution in [1.82, 2.24) is 10.3 Å². The molecule has 0 radical (unpaired) electrons. The zero-order chi connectivity index (χ0) is 11.6. The van der Waals surface area contributed by atoms with Gasteiger partial charge in [0.2, 0.25) is 0 Å². The van der Waals surface area contributed by atoms with Crippen LogP contribution in [0.5, 0.6) is 5.75 Å². The second-order valence-electron chi connectivity index (χ2n) is 3.97. The molecule has 2 heterocycles. The van der Waals surface area contributed by atoms with Gasteiger partial charge in [-0.05, 0) is 15.9 Å². The van der Waals surface area contributed by atoms with E-state index < -0.39 is 0 Å². The molecule has 0 bridgehead atoms. The molecule has 2 rings (SSSR count). The summed E-state index contributed by atoms with van der Waals surface area (Å²) >= 11 is 3.50. The molecule has 0 aliphatic carbocycles. The first-order valence-electron chi connectivity index (χ1n) is 5.13. The van der Waals surface area contributed by atoms with Crippen LogP contribution in [0.4, 0.5) is 0 Å². The molecule has 0 atom stereocenters. The minimum Gasteiger partial charge on any atom is -0.495 e. The highest BCUT2D eigenvalue weighted by molar-refractivity contribution is 9.10. The average molecular weight is 287 g/mol. The molecule has 0 unspecified atom stereocenters. The van der Waals surface area contributed by atoms with Gasteiger partial charge in [-0.2, -0.15) is 0 Å². The second kappa shape index (κ2) is 4.69. The van der Waals surface area contributed by atoms with Gasteiger partial charge in [-0.25, -0.2) is 0 Å². The molecule has 4 nitrogen and oxygen atoms in total. The fraction of sp³-hybridized carbons (Fsp3) is 0.545. The lowest BCUT2D eigenvalue weighted by molar-refractivity contribution is -0.0506. The maximum atomic E-state index is 5.57. The predicted molar refractivity (Wildman–Crippen MR) is 64.8 cm³/mol. The number of methoxy groups -OCH3 is 2. The Hall–Kier alpha value is -0.650. The lowest BCUT2D eigenvalue weighted by Gasteiger charge is -2.41. The fourth-order valence-electron chi connectivity index (χ4n) is 1.86. The normalized spacial score (nSPS) is 17.9. The summed E-state index contributed by atoms with van der Waals surface area (Å²) in [6.07, 6.45) is 4.34. The first kappa shape index (κ1) is 11.8. The van der Waals surface area contributed by atoms with Gasteiger partial charge in [0.05, 0.1) is 18.9 Å². The molecule has 16 heavy (non-hydrogen) atoms. The number of hydrogen-bond donors (Lipinski definition) is 1. The van der Waals surface area contributed by atoms with E-state index in [1.807, 2.05) is 0 Å². The number of halogens is 1. The zero-order valence-corrected chi connectivity index (χ0v) is 11.0. The highest BCUT2D eigenvalue weighted by Gasteiger charge is 2.38. The second-order valence-corrected chi connectivity index (χ2v) is 4.82. The van der Waals surface area contributed by atoms with Crippen molar-refractivity contribution in [3.8, 4) is 5.75 Å². The molecular formula is C11H15BrN2O2. The molecule has 1 aliphatic heterocycles. The first-order chi connectivity index (χ1) is 7.71. The summed E-state index contributed by atoms with van der Waals surface area (Å²) < 4.78 is 11.9. The van der Waals surface area contributed by atoms with E-state index >= 15 is 0 Å². The van der Waals surface area contributed by atoms with E-state index in [2.05, 4.69) is 26.2 Å². The van der Waals surface area contributed by atoms with Gasteiger partial charge in [-0.3, -0.25) is 4.98 Å². The van der Waals surface area contributed by atoms with Crippen LogP contribution in [0.3, 0.4) is 0 Å². The minimum atomic E-state index is -0.100. The van der Waals surface area contributed by atoms with Crippen LogP contribution in [0.1, 0.15) is 5.56 Å². The summed E-state index contributed by atoms with van der Waals surface area (Å²) in [6, 6.07) is 0. The van der Waals surface area contributed by atoms with Gasteiger partial charge in [-0.15, -0.1) is 0 Å². The van der Waals surface area contributed by atoms with Crippen LogP contribution in [0.15, 0.2) is 16.9 Å². The smallest absolute Gasteiger partial charge is 0.141 e. The number of nitrogens with zero attached hydrogens (tertiary/aromatic N) is 1. The van der Waals surface area contributed by atoms with Crippen molar-refractivity contribution in [1.29, 1.82) is 0 Å². The Kier molecular flexibility index (Phi) is 3.47. The van der Waals surface area contributed by atoms with Crippen molar-refractivity contribution in [3.05, 3.63) is 22.4 Å². The van der Waals surface area contributed by atoms with Gasteiger partial charge < -0.3 is 14.8 Å². The van der Waals surface area contributed by atoms with Crippen LogP contribution in [-0.2, 0) is 11.2 Å². The minimum absolute atomic E-state index is 0.100. The third-order valence-electron chi connectivity index (χ3n) is 3.01. The van der Waals surface area contributed by atoms with E-state index in [0.29, 0.717) is 0 Å². The SMILES string of the molecule is COc1cncc(Br)c1CC1(OC)CNC1. The Labute approximate surface area is 103 Å². The van der Waals surface area contributed by atoms with E-state index in [-0.39, 0.29) is 5.60 Å². The lowest BCUT2D eigenvalue weighted by atomic mass is 9.89. The largest absolute Gasteiger partial charge is 0.495 e. The molecule has 0 aromatic carbocycles.